The fraction of sp³-hybridized carbons (Fsp3) is 0.773. The number of thiophene rings is 4. The van der Waals surface area contributed by atoms with Crippen LogP contribution in [0.2, 0.25) is 0 Å². The standard InChI is InChI=1S/C88H138O2S4/c1-7-11-15-19-23-27-29-33-37-41-45-67(43-39-35-31-25-21-17-13-9-3)57-75-77-59-69-61-81(83-53-48-66(6)92-83)87(89)73(69)63-79(77)76(58-68(44-40-36-32-26-22-18-14-10-4)46-42-38-34-30-28-24-20-16-12-8-2)78-60-70-62-82(88(90)74(70)64-80(75)78)84-55-56-86(94-84)85-54-52-72(93-85)51-50-71-49-47-65(5)91-71/h47-56,67-70,73-82H,7-46,57-64H2,1-6H3/b51-50+. The van der Waals surface area contributed by atoms with Crippen molar-refractivity contribution < 1.29 is 9.59 Å². The normalized spacial score (nSPS) is 25.7. The molecule has 14 unspecified atom stereocenters. The van der Waals surface area contributed by atoms with Crippen molar-refractivity contribution in [2.75, 3.05) is 0 Å². The van der Waals surface area contributed by atoms with E-state index in [2.05, 4.69) is 102 Å². The molecule has 5 aliphatic rings. The number of ketones is 2. The summed E-state index contributed by atoms with van der Waals surface area (Å²) in [6, 6.07) is 18.4. The van der Waals surface area contributed by atoms with E-state index in [0.29, 0.717) is 58.9 Å². The highest BCUT2D eigenvalue weighted by Gasteiger charge is 2.61. The van der Waals surface area contributed by atoms with Gasteiger partial charge in [0.1, 0.15) is 11.6 Å². The fourth-order valence-corrected chi connectivity index (χ4v) is 24.1. The average Bonchev–Trinajstić information content (AvgIpc) is 1.33. The third kappa shape index (κ3) is 23.2. The van der Waals surface area contributed by atoms with Crippen LogP contribution >= 0.6 is 45.3 Å². The number of carbonyl (C=O) groups is 2. The van der Waals surface area contributed by atoms with E-state index in [-0.39, 0.29) is 23.7 Å². The first-order valence-corrected chi connectivity index (χ1v) is 44.5. The molecule has 0 amide bonds. The molecule has 0 aliphatic heterocycles. The van der Waals surface area contributed by atoms with E-state index in [1.807, 2.05) is 45.3 Å². The molecule has 94 heavy (non-hydrogen) atoms. The molecule has 0 saturated heterocycles. The molecule has 4 heterocycles. The van der Waals surface area contributed by atoms with Gasteiger partial charge in [-0.05, 0) is 185 Å². The third-order valence-corrected chi connectivity index (χ3v) is 29.9. The van der Waals surface area contributed by atoms with Crippen molar-refractivity contribution >= 4 is 69.1 Å². The van der Waals surface area contributed by atoms with Crippen LogP contribution in [0.25, 0.3) is 21.9 Å². The summed E-state index contributed by atoms with van der Waals surface area (Å²) in [6.45, 7) is 13.8. The summed E-state index contributed by atoms with van der Waals surface area (Å²) >= 11 is 7.60. The molecule has 14 atom stereocenters. The van der Waals surface area contributed by atoms with Gasteiger partial charge in [-0.1, -0.05) is 285 Å². The molecule has 0 bridgehead atoms. The van der Waals surface area contributed by atoms with Gasteiger partial charge in [-0.25, -0.2) is 0 Å². The number of hydrogen-bond acceptors (Lipinski definition) is 6. The maximum Gasteiger partial charge on any atom is 0.144 e. The van der Waals surface area contributed by atoms with Crippen molar-refractivity contribution in [3.05, 3.63) is 77.8 Å². The van der Waals surface area contributed by atoms with Crippen LogP contribution < -0.4 is 0 Å². The van der Waals surface area contributed by atoms with Crippen LogP contribution in [-0.2, 0) is 9.59 Å². The van der Waals surface area contributed by atoms with Crippen molar-refractivity contribution in [1.29, 1.82) is 0 Å². The number of Topliss-reactive ketones (excluding diaryl/α,β-unsaturated/α-hetero) is 2. The van der Waals surface area contributed by atoms with Crippen LogP contribution in [0.3, 0.4) is 0 Å². The van der Waals surface area contributed by atoms with E-state index in [9.17, 15) is 0 Å². The Hall–Kier alpha value is -2.12. The number of rotatable bonds is 49. The summed E-state index contributed by atoms with van der Waals surface area (Å²) in [5.74, 6) is 8.49. The zero-order valence-corrected chi connectivity index (χ0v) is 64.5. The molecule has 5 fully saturated rings. The van der Waals surface area contributed by atoms with Crippen LogP contribution in [-0.4, -0.2) is 11.6 Å². The predicted molar refractivity (Wildman–Crippen MR) is 416 cm³/mol. The van der Waals surface area contributed by atoms with Gasteiger partial charge in [0.2, 0.25) is 0 Å². The smallest absolute Gasteiger partial charge is 0.144 e. The summed E-state index contributed by atoms with van der Waals surface area (Å²) in [6.07, 6.45) is 70.6. The van der Waals surface area contributed by atoms with Gasteiger partial charge in [0.05, 0.1) is 11.8 Å². The van der Waals surface area contributed by atoms with Crippen LogP contribution in [0.5, 0.6) is 0 Å². The van der Waals surface area contributed by atoms with Crippen molar-refractivity contribution in [2.24, 2.45) is 71.0 Å². The van der Waals surface area contributed by atoms with Gasteiger partial charge in [-0.3, -0.25) is 9.59 Å². The SMILES string of the molecule is CCCCCCCCCCCCC(CCCCCCCCCC)CC1C2CC3CC(c4ccc(-c5ccc(/C=C/c6ccc(C)s6)s5)s4)C(=O)C3CC2C(CC(CCCCCCCCCC)CCCCCCCCCCCC)C2CC3CC(c4ccc(C)s4)C(=O)C3CC12. The van der Waals surface area contributed by atoms with Crippen molar-refractivity contribution in [3.63, 3.8) is 0 Å². The number of hydrogen-bond donors (Lipinski definition) is 0. The highest BCUT2D eigenvalue weighted by Crippen LogP contribution is 2.66. The molecule has 4 aromatic heterocycles. The second kappa shape index (κ2) is 42.2. The summed E-state index contributed by atoms with van der Waals surface area (Å²) in [4.78, 5) is 41.7. The molecule has 2 nitrogen and oxygen atoms in total. The van der Waals surface area contributed by atoms with Crippen molar-refractivity contribution in [1.82, 2.24) is 0 Å². The molecular weight excluding hydrogens is 1220 g/mol. The zero-order chi connectivity index (χ0) is 65.7. The van der Waals surface area contributed by atoms with Crippen molar-refractivity contribution in [3.8, 4) is 9.75 Å². The highest BCUT2D eigenvalue weighted by molar-refractivity contribution is 7.22. The highest BCUT2D eigenvalue weighted by atomic mass is 32.1. The quantitative estimate of drug-likeness (QED) is 0.0413. The van der Waals surface area contributed by atoms with Gasteiger partial charge in [0.25, 0.3) is 0 Å². The van der Waals surface area contributed by atoms with E-state index in [1.165, 1.54) is 328 Å². The Bertz CT molecular complexity index is 2680. The Kier molecular flexibility index (Phi) is 34.2. The lowest BCUT2D eigenvalue weighted by Crippen LogP contribution is -2.54. The van der Waals surface area contributed by atoms with Crippen LogP contribution in [0, 0.1) is 84.9 Å². The second-order valence-corrected chi connectivity index (χ2v) is 37.2. The van der Waals surface area contributed by atoms with Crippen LogP contribution in [0.1, 0.15) is 377 Å². The minimum absolute atomic E-state index is 0.0430. The lowest BCUT2D eigenvalue weighted by Gasteiger charge is -2.59. The second-order valence-electron chi connectivity index (χ2n) is 32.3. The van der Waals surface area contributed by atoms with Crippen LogP contribution in [0.15, 0.2) is 48.5 Å². The maximum absolute atomic E-state index is 15.7. The predicted octanol–water partition coefficient (Wildman–Crippen LogP) is 29.7. The number of fused-ring (bicyclic) bond motifs is 4. The van der Waals surface area contributed by atoms with E-state index >= 15 is 9.59 Å². The van der Waals surface area contributed by atoms with Gasteiger partial charge in [-0.2, -0.15) is 0 Å². The summed E-state index contributed by atoms with van der Waals surface area (Å²) in [5, 5.41) is 0. The Balaban J connectivity index is 1.00. The van der Waals surface area contributed by atoms with Gasteiger partial charge in [-0.15, -0.1) is 45.3 Å². The first-order chi connectivity index (χ1) is 46.2. The molecule has 5 aliphatic carbocycles. The first kappa shape index (κ1) is 76.1. The minimum atomic E-state index is 0.0430. The molecular formula is C88H138O2S4. The summed E-state index contributed by atoms with van der Waals surface area (Å²) < 4.78 is 0. The summed E-state index contributed by atoms with van der Waals surface area (Å²) in [7, 11) is 0. The Morgan fingerprint density at radius 3 is 1.02 bits per heavy atom. The number of aryl methyl sites for hydroxylation is 2. The molecule has 9 rings (SSSR count). The average molecular weight is 1360 g/mol. The monoisotopic (exact) mass is 1350 g/mol. The lowest BCUT2D eigenvalue weighted by atomic mass is 9.45. The van der Waals surface area contributed by atoms with E-state index < -0.39 is 0 Å². The molecule has 0 N–H and O–H groups in total. The Labute approximate surface area is 594 Å². The zero-order valence-electron chi connectivity index (χ0n) is 61.2. The lowest BCUT2D eigenvalue weighted by molar-refractivity contribution is -0.138. The number of carbonyl (C=O) groups excluding carboxylic acids is 2. The van der Waals surface area contributed by atoms with Crippen LogP contribution in [0.4, 0.5) is 0 Å². The molecule has 0 radical (unpaired) electrons. The van der Waals surface area contributed by atoms with Crippen molar-refractivity contribution in [2.45, 2.75) is 362 Å². The Morgan fingerprint density at radius 2 is 0.649 bits per heavy atom. The fourth-order valence-electron chi connectivity index (χ4n) is 20.2. The molecule has 0 aromatic carbocycles. The first-order valence-electron chi connectivity index (χ1n) is 41.2. The van der Waals surface area contributed by atoms with E-state index in [1.54, 1.807) is 0 Å². The third-order valence-electron chi connectivity index (χ3n) is 25.3. The molecule has 4 aromatic rings. The molecule has 0 spiro atoms. The van der Waals surface area contributed by atoms with Gasteiger partial charge < -0.3 is 0 Å². The molecule has 526 valence electrons. The maximum atomic E-state index is 15.7. The number of unbranched alkanes of at least 4 members (excludes halogenated alkanes) is 32. The molecule has 5 saturated carbocycles. The Morgan fingerprint density at radius 1 is 0.340 bits per heavy atom. The van der Waals surface area contributed by atoms with Gasteiger partial charge >= 0.3 is 0 Å². The summed E-state index contributed by atoms with van der Waals surface area (Å²) in [5.41, 5.74) is 0. The minimum Gasteiger partial charge on any atom is -0.299 e. The largest absolute Gasteiger partial charge is 0.299 e. The van der Waals surface area contributed by atoms with Gasteiger partial charge in [0, 0.05) is 50.9 Å². The molecule has 6 heteroatoms. The van der Waals surface area contributed by atoms with Gasteiger partial charge in [0.15, 0.2) is 0 Å². The van der Waals surface area contributed by atoms with E-state index in [4.69, 9.17) is 0 Å². The van der Waals surface area contributed by atoms with E-state index in [0.717, 1.165) is 31.1 Å². The topological polar surface area (TPSA) is 34.1 Å².